The van der Waals surface area contributed by atoms with Crippen LogP contribution >= 0.6 is 0 Å². The smallest absolute Gasteiger partial charge is 0.349 e. The lowest BCUT2D eigenvalue weighted by Gasteiger charge is -2.25. The van der Waals surface area contributed by atoms with E-state index in [4.69, 9.17) is 0 Å². The number of hydrogen-bond acceptors (Lipinski definition) is 2. The molecule has 6 atom stereocenters. The van der Waals surface area contributed by atoms with Gasteiger partial charge in [0.25, 0.3) is 5.91 Å². The van der Waals surface area contributed by atoms with Crippen LogP contribution in [0.15, 0.2) is 6.20 Å². The molecular weight excluding hydrogens is 343 g/mol. The van der Waals surface area contributed by atoms with E-state index in [1.165, 1.54) is 19.3 Å². The van der Waals surface area contributed by atoms with Crippen LogP contribution in [0.2, 0.25) is 0 Å². The maximum absolute atomic E-state index is 13.6. The summed E-state index contributed by atoms with van der Waals surface area (Å²) < 4.78 is 41.7. The molecule has 1 spiro atoms. The third kappa shape index (κ3) is 1.97. The maximum Gasteiger partial charge on any atom is 0.433 e. The predicted molar refractivity (Wildman–Crippen MR) is 86.2 cm³/mol. The molecule has 0 aromatic carbocycles. The van der Waals surface area contributed by atoms with Crippen LogP contribution < -0.4 is 5.32 Å². The van der Waals surface area contributed by atoms with Crippen LogP contribution in [-0.2, 0) is 6.18 Å². The summed E-state index contributed by atoms with van der Waals surface area (Å²) >= 11 is 0. The monoisotopic (exact) mass is 365 g/mol. The number of nitrogens with one attached hydrogen (secondary N) is 1. The van der Waals surface area contributed by atoms with E-state index in [0.29, 0.717) is 30.1 Å². The van der Waals surface area contributed by atoms with Gasteiger partial charge in [-0.1, -0.05) is 0 Å². The fourth-order valence-electron chi connectivity index (χ4n) is 6.83. The van der Waals surface area contributed by atoms with Crippen molar-refractivity contribution in [1.29, 1.82) is 0 Å². The van der Waals surface area contributed by atoms with E-state index in [1.54, 1.807) is 0 Å². The summed E-state index contributed by atoms with van der Waals surface area (Å²) in [5, 5.41) is 6.90. The molecule has 5 aliphatic carbocycles. The van der Waals surface area contributed by atoms with Crippen molar-refractivity contribution in [2.24, 2.45) is 29.1 Å². The molecular formula is C19H22F3N3O. The fraction of sp³-hybridized carbons (Fsp3) is 0.789. The number of nitrogens with zero attached hydrogens (tertiary/aromatic N) is 2. The number of halogens is 3. The first-order chi connectivity index (χ1) is 12.4. The lowest BCUT2D eigenvalue weighted by atomic mass is 9.80. The average Bonchev–Trinajstić information content (AvgIpc) is 3.38. The fourth-order valence-corrected chi connectivity index (χ4v) is 6.83. The summed E-state index contributed by atoms with van der Waals surface area (Å²) in [7, 11) is 0. The predicted octanol–water partition coefficient (Wildman–Crippen LogP) is 3.79. The Morgan fingerprint density at radius 1 is 1.23 bits per heavy atom. The molecule has 7 heteroatoms. The summed E-state index contributed by atoms with van der Waals surface area (Å²) in [5.41, 5.74) is -0.774. The molecule has 26 heavy (non-hydrogen) atoms. The zero-order valence-electron chi connectivity index (χ0n) is 14.4. The third-order valence-electron chi connectivity index (χ3n) is 7.98. The second-order valence-electron chi connectivity index (χ2n) is 9.34. The van der Waals surface area contributed by atoms with Crippen molar-refractivity contribution in [2.45, 2.75) is 63.2 Å². The van der Waals surface area contributed by atoms with Crippen LogP contribution in [0.3, 0.4) is 0 Å². The highest BCUT2D eigenvalue weighted by Crippen LogP contribution is 2.77. The molecule has 2 bridgehead atoms. The number of fused-ring (bicyclic) bond motifs is 1. The Morgan fingerprint density at radius 3 is 2.77 bits per heavy atom. The number of rotatable bonds is 3. The van der Waals surface area contributed by atoms with E-state index < -0.39 is 17.8 Å². The molecule has 4 nitrogen and oxygen atoms in total. The first kappa shape index (κ1) is 15.5. The number of carbonyl (C=O) groups excluding carboxylic acids is 1. The number of amides is 1. The first-order valence-electron chi connectivity index (χ1n) is 9.82. The Morgan fingerprint density at radius 2 is 2.04 bits per heavy atom. The van der Waals surface area contributed by atoms with Crippen molar-refractivity contribution >= 4 is 5.91 Å². The molecule has 1 aromatic heterocycles. The Labute approximate surface area is 149 Å². The summed E-state index contributed by atoms with van der Waals surface area (Å²) in [6.07, 6.45) is 3.92. The molecule has 1 N–H and O–H groups in total. The van der Waals surface area contributed by atoms with Crippen LogP contribution in [0.1, 0.15) is 67.0 Å². The van der Waals surface area contributed by atoms with Gasteiger partial charge in [0.15, 0.2) is 5.69 Å². The van der Waals surface area contributed by atoms with Gasteiger partial charge in [-0.05, 0) is 74.0 Å². The van der Waals surface area contributed by atoms with Gasteiger partial charge in [0, 0.05) is 6.04 Å². The molecule has 5 saturated carbocycles. The highest BCUT2D eigenvalue weighted by molar-refractivity contribution is 5.95. The van der Waals surface area contributed by atoms with Gasteiger partial charge in [0.1, 0.15) is 0 Å². The molecule has 0 saturated heterocycles. The van der Waals surface area contributed by atoms with E-state index in [-0.39, 0.29) is 17.6 Å². The summed E-state index contributed by atoms with van der Waals surface area (Å²) in [6.45, 7) is 0. The summed E-state index contributed by atoms with van der Waals surface area (Å²) in [5.74, 6) is 2.14. The number of alkyl halides is 3. The lowest BCUT2D eigenvalue weighted by molar-refractivity contribution is -0.144. The lowest BCUT2D eigenvalue weighted by Crippen LogP contribution is -2.38. The van der Waals surface area contributed by atoms with Crippen molar-refractivity contribution in [3.8, 4) is 0 Å². The second kappa shape index (κ2) is 4.65. The van der Waals surface area contributed by atoms with E-state index in [1.807, 2.05) is 0 Å². The number of carbonyl (C=O) groups is 1. The topological polar surface area (TPSA) is 46.9 Å². The molecule has 1 heterocycles. The van der Waals surface area contributed by atoms with Gasteiger partial charge in [-0.25, -0.2) is 0 Å². The zero-order valence-corrected chi connectivity index (χ0v) is 14.4. The first-order valence-corrected chi connectivity index (χ1v) is 9.82. The van der Waals surface area contributed by atoms with E-state index >= 15 is 0 Å². The average molecular weight is 365 g/mol. The van der Waals surface area contributed by atoms with Gasteiger partial charge in [-0.2, -0.15) is 18.3 Å². The summed E-state index contributed by atoms with van der Waals surface area (Å²) in [6, 6.07) is -0.172. The minimum Gasteiger partial charge on any atom is -0.349 e. The van der Waals surface area contributed by atoms with Crippen molar-refractivity contribution in [3.05, 3.63) is 17.5 Å². The van der Waals surface area contributed by atoms with Crippen LogP contribution in [-0.4, -0.2) is 21.7 Å². The number of hydrogen-bond donors (Lipinski definition) is 1. The van der Waals surface area contributed by atoms with Crippen LogP contribution in [0.25, 0.3) is 0 Å². The Kier molecular flexibility index (Phi) is 2.78. The van der Waals surface area contributed by atoms with Crippen LogP contribution in [0, 0.1) is 29.1 Å². The highest BCUT2D eigenvalue weighted by Gasteiger charge is 2.71. The molecule has 5 aliphatic rings. The van der Waals surface area contributed by atoms with Crippen molar-refractivity contribution in [3.63, 3.8) is 0 Å². The summed E-state index contributed by atoms with van der Waals surface area (Å²) in [4.78, 5) is 12.8. The zero-order chi connectivity index (χ0) is 17.8. The van der Waals surface area contributed by atoms with Gasteiger partial charge < -0.3 is 5.32 Å². The standard InChI is InChI=1S/C19H22F3N3O/c20-19(21,22)16-13(8-23-25(16)11-1-2-11)17(26)24-15-7-18-6-10(18)3-9-4-12(15)14(18)5-9/h8-12,14-15H,1-7H2,(H,24,26). The van der Waals surface area contributed by atoms with E-state index in [0.717, 1.165) is 35.6 Å². The normalized spacial score (nSPS) is 42.7. The SMILES string of the molecule is O=C(NC1CC23CC2CC2CC1C3C2)c1cnn(C2CC2)c1C(F)(F)F. The quantitative estimate of drug-likeness (QED) is 0.886. The number of aromatic nitrogens is 2. The minimum absolute atomic E-state index is 0.0353. The minimum atomic E-state index is -4.56. The Bertz CT molecular complexity index is 798. The van der Waals surface area contributed by atoms with Crippen molar-refractivity contribution in [1.82, 2.24) is 15.1 Å². The molecule has 0 aliphatic heterocycles. The van der Waals surface area contributed by atoms with Crippen molar-refractivity contribution < 1.29 is 18.0 Å². The Balaban J connectivity index is 1.28. The molecule has 6 unspecified atom stereocenters. The third-order valence-corrected chi connectivity index (χ3v) is 7.98. The molecule has 6 rings (SSSR count). The Hall–Kier alpha value is -1.53. The molecule has 1 aromatic rings. The maximum atomic E-state index is 13.6. The van der Waals surface area contributed by atoms with Gasteiger partial charge in [-0.3, -0.25) is 9.48 Å². The second-order valence-corrected chi connectivity index (χ2v) is 9.34. The largest absolute Gasteiger partial charge is 0.433 e. The van der Waals surface area contributed by atoms with E-state index in [2.05, 4.69) is 10.4 Å². The molecule has 5 fully saturated rings. The molecule has 1 amide bonds. The molecule has 140 valence electrons. The van der Waals surface area contributed by atoms with Crippen LogP contribution in [0.5, 0.6) is 0 Å². The van der Waals surface area contributed by atoms with Crippen LogP contribution in [0.4, 0.5) is 13.2 Å². The van der Waals surface area contributed by atoms with Crippen molar-refractivity contribution in [2.75, 3.05) is 0 Å². The van der Waals surface area contributed by atoms with Gasteiger partial charge in [0.05, 0.1) is 17.8 Å². The van der Waals surface area contributed by atoms with Gasteiger partial charge in [0.2, 0.25) is 0 Å². The van der Waals surface area contributed by atoms with Gasteiger partial charge in [-0.15, -0.1) is 0 Å². The molecule has 0 radical (unpaired) electrons. The van der Waals surface area contributed by atoms with E-state index in [9.17, 15) is 18.0 Å². The van der Waals surface area contributed by atoms with Gasteiger partial charge >= 0.3 is 6.18 Å². The highest BCUT2D eigenvalue weighted by atomic mass is 19.4.